The van der Waals surface area contributed by atoms with E-state index in [0.29, 0.717) is 0 Å². The molecule has 0 saturated carbocycles. The fourth-order valence-electron chi connectivity index (χ4n) is 3.96. The lowest BCUT2D eigenvalue weighted by molar-refractivity contribution is 0.258. The van der Waals surface area contributed by atoms with Gasteiger partial charge in [0.25, 0.3) is 0 Å². The molecule has 0 N–H and O–H groups in total. The van der Waals surface area contributed by atoms with Gasteiger partial charge >= 0.3 is 0 Å². The van der Waals surface area contributed by atoms with Crippen molar-refractivity contribution in [1.29, 1.82) is 0 Å². The van der Waals surface area contributed by atoms with Crippen molar-refractivity contribution in [3.63, 3.8) is 0 Å². The summed E-state index contributed by atoms with van der Waals surface area (Å²) in [4.78, 5) is 2.31. The van der Waals surface area contributed by atoms with Crippen molar-refractivity contribution in [3.8, 4) is 5.69 Å². The maximum atomic E-state index is 4.47. The Bertz CT molecular complexity index is 1130. The number of hydrogen-bond acceptors (Lipinski definition) is 4. The zero-order valence-corrected chi connectivity index (χ0v) is 17.9. The van der Waals surface area contributed by atoms with Crippen LogP contribution in [-0.2, 0) is 6.54 Å². The summed E-state index contributed by atoms with van der Waals surface area (Å²) in [6.45, 7) is 7.18. The van der Waals surface area contributed by atoms with E-state index in [1.807, 2.05) is 22.9 Å². The molecule has 0 aliphatic heterocycles. The van der Waals surface area contributed by atoms with Crippen LogP contribution in [-0.4, -0.2) is 32.2 Å². The van der Waals surface area contributed by atoms with E-state index in [9.17, 15) is 0 Å². The summed E-state index contributed by atoms with van der Waals surface area (Å²) in [5.74, 6) is 0.808. The van der Waals surface area contributed by atoms with Crippen LogP contribution in [0.5, 0.6) is 0 Å². The molecule has 1 atom stereocenters. The number of nitrogens with zero attached hydrogens (tertiary/aromatic N) is 5. The quantitative estimate of drug-likeness (QED) is 0.468. The zero-order valence-electron chi connectivity index (χ0n) is 17.9. The molecule has 1 aromatic heterocycles. The Balaban J connectivity index is 1.77. The van der Waals surface area contributed by atoms with Gasteiger partial charge in [0, 0.05) is 6.54 Å². The molecule has 4 aromatic rings. The molecule has 0 saturated heterocycles. The summed E-state index contributed by atoms with van der Waals surface area (Å²) in [6, 6.07) is 25.2. The van der Waals surface area contributed by atoms with Gasteiger partial charge in [-0.2, -0.15) is 4.68 Å². The van der Waals surface area contributed by atoms with Gasteiger partial charge in [0.05, 0.1) is 11.7 Å². The summed E-state index contributed by atoms with van der Waals surface area (Å²) in [5.41, 5.74) is 7.18. The Morgan fingerprint density at radius 3 is 2.33 bits per heavy atom. The van der Waals surface area contributed by atoms with Crippen LogP contribution in [0.25, 0.3) is 5.69 Å². The van der Waals surface area contributed by atoms with Gasteiger partial charge in [-0.1, -0.05) is 72.3 Å². The minimum absolute atomic E-state index is 0.0819. The van der Waals surface area contributed by atoms with Crippen LogP contribution >= 0.6 is 0 Å². The van der Waals surface area contributed by atoms with Gasteiger partial charge in [-0.05, 0) is 66.6 Å². The topological polar surface area (TPSA) is 46.8 Å². The number of rotatable bonds is 6. The Hall–Kier alpha value is -3.31. The number of para-hydroxylation sites is 1. The largest absolute Gasteiger partial charge is 0.288 e. The number of hydrogen-bond donors (Lipinski definition) is 0. The highest BCUT2D eigenvalue weighted by Gasteiger charge is 2.27. The van der Waals surface area contributed by atoms with Gasteiger partial charge in [0.15, 0.2) is 5.82 Å². The third kappa shape index (κ3) is 4.02. The van der Waals surface area contributed by atoms with Crippen molar-refractivity contribution in [1.82, 2.24) is 25.1 Å². The minimum atomic E-state index is -0.0819. The summed E-state index contributed by atoms with van der Waals surface area (Å²) >= 11 is 0. The molecule has 3 aromatic carbocycles. The van der Waals surface area contributed by atoms with E-state index in [1.165, 1.54) is 16.7 Å². The monoisotopic (exact) mass is 397 g/mol. The van der Waals surface area contributed by atoms with Gasteiger partial charge in [0.1, 0.15) is 0 Å². The highest BCUT2D eigenvalue weighted by molar-refractivity contribution is 5.41. The molecule has 5 heteroatoms. The second-order valence-electron chi connectivity index (χ2n) is 7.89. The maximum Gasteiger partial charge on any atom is 0.178 e. The maximum absolute atomic E-state index is 4.47. The standard InChI is InChI=1S/C25H27N5/c1-18-14-15-22(20(3)16-18)17-29(4)24(21-11-6-5-7-12-21)25-26-27-28-30(25)23-13-9-8-10-19(23)2/h5-16,24H,17H2,1-4H3. The second kappa shape index (κ2) is 8.59. The highest BCUT2D eigenvalue weighted by atomic mass is 15.6. The lowest BCUT2D eigenvalue weighted by Gasteiger charge is -2.28. The fourth-order valence-corrected chi connectivity index (χ4v) is 3.96. The first-order valence-corrected chi connectivity index (χ1v) is 10.2. The van der Waals surface area contributed by atoms with Crippen molar-refractivity contribution < 1.29 is 0 Å². The van der Waals surface area contributed by atoms with E-state index in [-0.39, 0.29) is 6.04 Å². The predicted molar refractivity (Wildman–Crippen MR) is 120 cm³/mol. The molecule has 0 amide bonds. The van der Waals surface area contributed by atoms with Gasteiger partial charge in [-0.25, -0.2) is 0 Å². The van der Waals surface area contributed by atoms with Crippen LogP contribution in [0, 0.1) is 20.8 Å². The molecule has 0 aliphatic carbocycles. The normalized spacial score (nSPS) is 12.3. The molecule has 0 aliphatic rings. The van der Waals surface area contributed by atoms with Crippen molar-refractivity contribution in [2.24, 2.45) is 0 Å². The number of aromatic nitrogens is 4. The summed E-state index contributed by atoms with van der Waals surface area (Å²) in [5, 5.41) is 12.9. The first-order chi connectivity index (χ1) is 14.5. The molecule has 0 bridgehead atoms. The van der Waals surface area contributed by atoms with Gasteiger partial charge in [-0.3, -0.25) is 4.90 Å². The molecule has 1 unspecified atom stereocenters. The van der Waals surface area contributed by atoms with Crippen molar-refractivity contribution in [2.45, 2.75) is 33.4 Å². The predicted octanol–water partition coefficient (Wildman–Crippen LogP) is 4.81. The lowest BCUT2D eigenvalue weighted by atomic mass is 10.0. The molecule has 5 nitrogen and oxygen atoms in total. The molecule has 4 rings (SSSR count). The Morgan fingerprint density at radius 1 is 0.867 bits per heavy atom. The van der Waals surface area contributed by atoms with Gasteiger partial charge in [0.2, 0.25) is 0 Å². The number of tetrazole rings is 1. The Kier molecular flexibility index (Phi) is 5.72. The third-order valence-electron chi connectivity index (χ3n) is 5.56. The van der Waals surface area contributed by atoms with Crippen molar-refractivity contribution >= 4 is 0 Å². The van der Waals surface area contributed by atoms with Gasteiger partial charge in [-0.15, -0.1) is 5.10 Å². The van der Waals surface area contributed by atoms with E-state index in [0.717, 1.165) is 29.2 Å². The average molecular weight is 398 g/mol. The van der Waals surface area contributed by atoms with Crippen molar-refractivity contribution in [2.75, 3.05) is 7.05 Å². The van der Waals surface area contributed by atoms with Crippen LogP contribution in [0.15, 0.2) is 72.8 Å². The number of benzene rings is 3. The summed E-state index contributed by atoms with van der Waals surface area (Å²) < 4.78 is 1.87. The SMILES string of the molecule is Cc1ccc(CN(C)C(c2ccccc2)c2nnnn2-c2ccccc2C)c(C)c1. The smallest absolute Gasteiger partial charge is 0.178 e. The molecule has 30 heavy (non-hydrogen) atoms. The fraction of sp³-hybridized carbons (Fsp3) is 0.240. The molecular weight excluding hydrogens is 370 g/mol. The van der Waals surface area contributed by atoms with Crippen LogP contribution < -0.4 is 0 Å². The van der Waals surface area contributed by atoms with E-state index in [4.69, 9.17) is 0 Å². The molecule has 0 fully saturated rings. The molecule has 0 spiro atoms. The van der Waals surface area contributed by atoms with Crippen LogP contribution in [0.1, 0.15) is 39.7 Å². The van der Waals surface area contributed by atoms with Crippen LogP contribution in [0.2, 0.25) is 0 Å². The Labute approximate surface area is 178 Å². The minimum Gasteiger partial charge on any atom is -0.288 e. The summed E-state index contributed by atoms with van der Waals surface area (Å²) in [6.07, 6.45) is 0. The third-order valence-corrected chi connectivity index (χ3v) is 5.56. The van der Waals surface area contributed by atoms with E-state index in [2.05, 4.69) is 103 Å². The van der Waals surface area contributed by atoms with Crippen LogP contribution in [0.3, 0.4) is 0 Å². The number of aryl methyl sites for hydroxylation is 3. The molecule has 152 valence electrons. The highest BCUT2D eigenvalue weighted by Crippen LogP contribution is 2.29. The van der Waals surface area contributed by atoms with Crippen molar-refractivity contribution in [3.05, 3.63) is 106 Å². The van der Waals surface area contributed by atoms with E-state index < -0.39 is 0 Å². The molecule has 1 heterocycles. The first kappa shape index (κ1) is 20.0. The molecular formula is C25H27N5. The Morgan fingerprint density at radius 2 is 1.60 bits per heavy atom. The van der Waals surface area contributed by atoms with Gasteiger partial charge < -0.3 is 0 Å². The van der Waals surface area contributed by atoms with E-state index in [1.54, 1.807) is 0 Å². The average Bonchev–Trinajstić information content (AvgIpc) is 3.20. The van der Waals surface area contributed by atoms with Crippen LogP contribution in [0.4, 0.5) is 0 Å². The summed E-state index contributed by atoms with van der Waals surface area (Å²) in [7, 11) is 2.13. The zero-order chi connectivity index (χ0) is 21.1. The molecule has 0 radical (unpaired) electrons. The second-order valence-corrected chi connectivity index (χ2v) is 7.89. The van der Waals surface area contributed by atoms with E-state index >= 15 is 0 Å². The first-order valence-electron chi connectivity index (χ1n) is 10.2. The lowest BCUT2D eigenvalue weighted by Crippen LogP contribution is -2.28.